The Morgan fingerprint density at radius 2 is 1.29 bits per heavy atom. The monoisotopic (exact) mass is 562 g/mol. The predicted molar refractivity (Wildman–Crippen MR) is 148 cm³/mol. The molecule has 0 fully saturated rings. The second-order valence-corrected chi connectivity index (χ2v) is 8.78. The molecule has 1 unspecified atom stereocenters. The molecule has 0 rings (SSSR count). The highest BCUT2D eigenvalue weighted by Gasteiger charge is 2.12. The number of likely N-dealkylation sites (N-methyl/N-ethyl adjacent to an activating group) is 1. The molecule has 0 aromatic rings. The molecule has 0 aromatic heterocycles. The molecule has 0 bridgehead atoms. The van der Waals surface area contributed by atoms with Gasteiger partial charge in [-0.1, -0.05) is 22.2 Å². The topological polar surface area (TPSA) is 153 Å². The van der Waals surface area contributed by atoms with Crippen LogP contribution in [0.1, 0.15) is 39.0 Å². The van der Waals surface area contributed by atoms with Crippen molar-refractivity contribution in [2.45, 2.75) is 45.1 Å². The fraction of sp³-hybridized carbons (Fsp3) is 0.760. The summed E-state index contributed by atoms with van der Waals surface area (Å²) in [6.45, 7) is 9.31. The minimum absolute atomic E-state index is 0.0378. The van der Waals surface area contributed by atoms with Crippen LogP contribution < -0.4 is 21.3 Å². The van der Waals surface area contributed by atoms with E-state index in [1.165, 1.54) is 0 Å². The number of amides is 3. The van der Waals surface area contributed by atoms with E-state index in [1.54, 1.807) is 6.08 Å². The summed E-state index contributed by atoms with van der Waals surface area (Å²) in [6.07, 6.45) is 5.13. The third kappa shape index (κ3) is 24.4. The van der Waals surface area contributed by atoms with Gasteiger partial charge in [-0.3, -0.25) is 19.2 Å². The molecule has 12 nitrogen and oxygen atoms in total. The second-order valence-electron chi connectivity index (χ2n) is 8.22. The molecule has 0 aromatic carbocycles. The molecule has 0 aliphatic heterocycles. The van der Waals surface area contributed by atoms with Crippen LogP contribution in [0.5, 0.6) is 0 Å². The molecule has 0 aliphatic rings. The quantitative estimate of drug-likeness (QED) is 0.0612. The summed E-state index contributed by atoms with van der Waals surface area (Å²) in [7, 11) is 2.21. The largest absolute Gasteiger partial charge is 0.377 e. The number of unbranched alkanes of at least 4 members (excludes halogenated alkanes) is 1. The van der Waals surface area contributed by atoms with Gasteiger partial charge in [0.15, 0.2) is 5.52 Å². The van der Waals surface area contributed by atoms with Gasteiger partial charge in [0, 0.05) is 26.1 Å². The smallest absolute Gasteiger partial charge is 0.246 e. The van der Waals surface area contributed by atoms with Crippen LogP contribution in [0, 0.1) is 0 Å². The number of nitrogens with one attached hydrogen (secondary N) is 4. The number of allylic oxidation sites excluding steroid dienone is 1. The van der Waals surface area contributed by atoms with E-state index in [0.29, 0.717) is 58.9 Å². The maximum Gasteiger partial charge on any atom is 0.246 e. The highest BCUT2D eigenvalue weighted by atomic mass is 31.0. The zero-order chi connectivity index (χ0) is 28.3. The van der Waals surface area contributed by atoms with Crippen molar-refractivity contribution in [1.82, 2.24) is 21.3 Å². The minimum Gasteiger partial charge on any atom is -0.377 e. The Morgan fingerprint density at radius 3 is 1.82 bits per heavy atom. The van der Waals surface area contributed by atoms with Crippen molar-refractivity contribution in [1.29, 1.82) is 0 Å². The SMILES string of the molecule is C=CCCC(=O)NCCOCCOCC(=O)NCCOCCOCC(=O)NCCCC[C@H](NCC)C(=O)P. The molecule has 0 aliphatic carbocycles. The Morgan fingerprint density at radius 1 is 0.763 bits per heavy atom. The van der Waals surface area contributed by atoms with E-state index in [4.69, 9.17) is 18.9 Å². The molecule has 0 spiro atoms. The fourth-order valence-corrected chi connectivity index (χ4v) is 3.30. The standard InChI is InChI=1S/C25H47N4O8P/c1-3-5-9-22(30)28-11-13-34-15-18-37-20-24(32)29-12-14-35-16-17-36-19-23(31)27-10-7-6-8-21(25(33)38)26-4-2/h3,21,26H,1,4-20,38H2,2H3,(H,27,31)(H,28,30)(H,29,32)/t21-/m0/s1. The number of rotatable bonds is 27. The summed E-state index contributed by atoms with van der Waals surface area (Å²) in [6, 6.07) is -0.151. The number of hydrogen-bond donors (Lipinski definition) is 4. The van der Waals surface area contributed by atoms with Crippen LogP contribution in [0.15, 0.2) is 12.7 Å². The van der Waals surface area contributed by atoms with Crippen LogP contribution in [0.25, 0.3) is 0 Å². The summed E-state index contributed by atoms with van der Waals surface area (Å²) in [5.41, 5.74) is 0.0521. The van der Waals surface area contributed by atoms with Crippen LogP contribution in [0.3, 0.4) is 0 Å². The Hall–Kier alpha value is -1.95. The molecule has 13 heteroatoms. The third-order valence-electron chi connectivity index (χ3n) is 4.96. The van der Waals surface area contributed by atoms with Gasteiger partial charge in [-0.05, 0) is 32.2 Å². The predicted octanol–water partition coefficient (Wildman–Crippen LogP) is -0.0823. The molecular formula is C25H47N4O8P. The second kappa shape index (κ2) is 26.6. The van der Waals surface area contributed by atoms with E-state index < -0.39 is 0 Å². The number of carbonyl (C=O) groups excluding carboxylic acids is 4. The van der Waals surface area contributed by atoms with Crippen molar-refractivity contribution in [2.24, 2.45) is 0 Å². The Labute approximate surface area is 228 Å². The van der Waals surface area contributed by atoms with E-state index in [0.717, 1.165) is 25.8 Å². The van der Waals surface area contributed by atoms with E-state index in [2.05, 4.69) is 37.1 Å². The van der Waals surface area contributed by atoms with Gasteiger partial charge < -0.3 is 40.2 Å². The lowest BCUT2D eigenvalue weighted by Crippen LogP contribution is -2.34. The third-order valence-corrected chi connectivity index (χ3v) is 5.36. The van der Waals surface area contributed by atoms with Gasteiger partial charge >= 0.3 is 0 Å². The van der Waals surface area contributed by atoms with Gasteiger partial charge in [0.25, 0.3) is 0 Å². The van der Waals surface area contributed by atoms with Gasteiger partial charge in [-0.15, -0.1) is 6.58 Å². The lowest BCUT2D eigenvalue weighted by atomic mass is 10.1. The Balaban J connectivity index is 3.42. The summed E-state index contributed by atoms with van der Waals surface area (Å²) < 4.78 is 21.2. The molecule has 0 radical (unpaired) electrons. The first-order chi connectivity index (χ1) is 18.4. The number of ether oxygens (including phenoxy) is 4. The highest BCUT2D eigenvalue weighted by Crippen LogP contribution is 2.05. The van der Waals surface area contributed by atoms with E-state index in [9.17, 15) is 19.2 Å². The highest BCUT2D eigenvalue weighted by molar-refractivity contribution is 7.40. The molecule has 0 heterocycles. The molecule has 2 atom stereocenters. The summed E-state index contributed by atoms with van der Waals surface area (Å²) in [4.78, 5) is 46.3. The molecule has 38 heavy (non-hydrogen) atoms. The summed E-state index contributed by atoms with van der Waals surface area (Å²) >= 11 is 0. The van der Waals surface area contributed by atoms with Crippen molar-refractivity contribution in [3.63, 3.8) is 0 Å². The van der Waals surface area contributed by atoms with Crippen molar-refractivity contribution < 1.29 is 38.1 Å². The lowest BCUT2D eigenvalue weighted by Gasteiger charge is -2.14. The van der Waals surface area contributed by atoms with Crippen LogP contribution in [0.2, 0.25) is 0 Å². The summed E-state index contributed by atoms with van der Waals surface area (Å²) in [5, 5.41) is 11.3. The fourth-order valence-electron chi connectivity index (χ4n) is 3.01. The first-order valence-corrected chi connectivity index (χ1v) is 13.7. The van der Waals surface area contributed by atoms with E-state index in [-0.39, 0.29) is 55.7 Å². The molecule has 4 N–H and O–H groups in total. The van der Waals surface area contributed by atoms with Crippen LogP contribution >= 0.6 is 9.24 Å². The average molecular weight is 563 g/mol. The Kier molecular flexibility index (Phi) is 25.3. The van der Waals surface area contributed by atoms with Crippen LogP contribution in [0.4, 0.5) is 0 Å². The van der Waals surface area contributed by atoms with Gasteiger partial charge in [-0.2, -0.15) is 0 Å². The zero-order valence-electron chi connectivity index (χ0n) is 22.7. The van der Waals surface area contributed by atoms with E-state index in [1.807, 2.05) is 6.92 Å². The maximum atomic E-state index is 11.8. The lowest BCUT2D eigenvalue weighted by molar-refractivity contribution is -0.127. The normalized spacial score (nSPS) is 11.5. The molecule has 0 saturated carbocycles. The van der Waals surface area contributed by atoms with Crippen molar-refractivity contribution in [3.05, 3.63) is 12.7 Å². The maximum absolute atomic E-state index is 11.8. The average Bonchev–Trinajstić information content (AvgIpc) is 2.89. The molecule has 3 amide bonds. The minimum atomic E-state index is -0.256. The van der Waals surface area contributed by atoms with Crippen molar-refractivity contribution in [3.8, 4) is 0 Å². The van der Waals surface area contributed by atoms with Crippen molar-refractivity contribution >= 4 is 32.5 Å². The first-order valence-electron chi connectivity index (χ1n) is 13.1. The van der Waals surface area contributed by atoms with Crippen molar-refractivity contribution in [2.75, 3.05) is 79.0 Å². The number of carbonyl (C=O) groups is 4. The van der Waals surface area contributed by atoms with Gasteiger partial charge in [0.1, 0.15) is 13.2 Å². The number of hydrogen-bond acceptors (Lipinski definition) is 9. The molecule has 220 valence electrons. The first kappa shape index (κ1) is 36.0. The Bertz CT molecular complexity index is 669. The summed E-state index contributed by atoms with van der Waals surface area (Å²) in [5.74, 6) is -0.489. The van der Waals surface area contributed by atoms with Crippen LogP contribution in [-0.2, 0) is 38.1 Å². The van der Waals surface area contributed by atoms with Gasteiger partial charge in [0.2, 0.25) is 17.7 Å². The molecular weight excluding hydrogens is 515 g/mol. The van der Waals surface area contributed by atoms with Crippen LogP contribution in [-0.4, -0.2) is 108 Å². The van der Waals surface area contributed by atoms with E-state index >= 15 is 0 Å². The van der Waals surface area contributed by atoms with Gasteiger partial charge in [0.05, 0.1) is 45.7 Å². The zero-order valence-corrected chi connectivity index (χ0v) is 23.9. The molecule has 0 saturated heterocycles. The van der Waals surface area contributed by atoms with Gasteiger partial charge in [-0.25, -0.2) is 0 Å².